The maximum Gasteiger partial charge on any atom is 0.303 e. The van der Waals surface area contributed by atoms with Crippen LogP contribution in [0.2, 0.25) is 10.0 Å². The maximum absolute atomic E-state index is 12.5. The molecule has 1 aliphatic carbocycles. The molecule has 0 atom stereocenters. The van der Waals surface area contributed by atoms with Crippen molar-refractivity contribution in [2.24, 2.45) is 5.41 Å². The number of carboxylic acid groups (broad SMARTS) is 1. The number of carbonyl (C=O) groups excluding carboxylic acids is 1. The normalized spacial score (nSPS) is 17.4. The highest BCUT2D eigenvalue weighted by atomic mass is 35.5. The molecule has 0 heterocycles. The lowest BCUT2D eigenvalue weighted by Gasteiger charge is -2.35. The smallest absolute Gasteiger partial charge is 0.303 e. The number of ketones is 1. The molecule has 3 nitrogen and oxygen atoms in total. The molecule has 1 aliphatic rings. The van der Waals surface area contributed by atoms with Crippen molar-refractivity contribution in [3.8, 4) is 0 Å². The first-order chi connectivity index (χ1) is 9.90. The first-order valence-corrected chi connectivity index (χ1v) is 7.87. The lowest BCUT2D eigenvalue weighted by atomic mass is 9.68. The van der Waals surface area contributed by atoms with Crippen molar-refractivity contribution in [2.45, 2.75) is 44.9 Å². The standard InChI is InChI=1S/C16H18Cl2O3/c17-12-6-11(7-13(18)8-12)14(19)9-16(10-15(20)21)4-2-1-3-5-16/h6-8H,1-5,9-10H2,(H,20,21). The third-order valence-corrected chi connectivity index (χ3v) is 4.60. The summed E-state index contributed by atoms with van der Waals surface area (Å²) in [6.07, 6.45) is 4.95. The summed E-state index contributed by atoms with van der Waals surface area (Å²) in [5.74, 6) is -0.920. The van der Waals surface area contributed by atoms with E-state index in [1.807, 2.05) is 0 Å². The number of carbonyl (C=O) groups is 2. The van der Waals surface area contributed by atoms with Crippen LogP contribution in [0.25, 0.3) is 0 Å². The van der Waals surface area contributed by atoms with Crippen molar-refractivity contribution in [3.05, 3.63) is 33.8 Å². The Morgan fingerprint density at radius 1 is 1.00 bits per heavy atom. The fraction of sp³-hybridized carbons (Fsp3) is 0.500. The van der Waals surface area contributed by atoms with Crippen molar-refractivity contribution in [1.82, 2.24) is 0 Å². The number of hydrogen-bond donors (Lipinski definition) is 1. The highest BCUT2D eigenvalue weighted by Crippen LogP contribution is 2.43. The van der Waals surface area contributed by atoms with Crippen LogP contribution in [-0.4, -0.2) is 16.9 Å². The zero-order valence-corrected chi connectivity index (χ0v) is 13.2. The Kier molecular flexibility index (Phi) is 5.28. The molecule has 5 heteroatoms. The van der Waals surface area contributed by atoms with E-state index in [0.29, 0.717) is 15.6 Å². The van der Waals surface area contributed by atoms with Crippen LogP contribution in [0.1, 0.15) is 55.3 Å². The molecular formula is C16H18Cl2O3. The largest absolute Gasteiger partial charge is 0.481 e. The van der Waals surface area contributed by atoms with E-state index in [9.17, 15) is 9.59 Å². The van der Waals surface area contributed by atoms with Gasteiger partial charge in [0.15, 0.2) is 5.78 Å². The average molecular weight is 329 g/mol. The van der Waals surface area contributed by atoms with Crippen LogP contribution in [0.5, 0.6) is 0 Å². The summed E-state index contributed by atoms with van der Waals surface area (Å²) in [5, 5.41) is 9.99. The topological polar surface area (TPSA) is 54.4 Å². The van der Waals surface area contributed by atoms with Crippen LogP contribution >= 0.6 is 23.2 Å². The molecule has 114 valence electrons. The summed E-state index contributed by atoms with van der Waals surface area (Å²) in [7, 11) is 0. The van der Waals surface area contributed by atoms with Crippen LogP contribution in [0, 0.1) is 5.41 Å². The number of Topliss-reactive ketones (excluding diaryl/α,β-unsaturated/α-hetero) is 1. The molecule has 0 amide bonds. The van der Waals surface area contributed by atoms with Gasteiger partial charge >= 0.3 is 5.97 Å². The first-order valence-electron chi connectivity index (χ1n) is 7.11. The van der Waals surface area contributed by atoms with Crippen LogP contribution in [0.15, 0.2) is 18.2 Å². The van der Waals surface area contributed by atoms with Gasteiger partial charge in [0.2, 0.25) is 0 Å². The van der Waals surface area contributed by atoms with E-state index >= 15 is 0 Å². The van der Waals surface area contributed by atoms with Gasteiger partial charge in [-0.05, 0) is 36.5 Å². The Hall–Kier alpha value is -1.06. The SMILES string of the molecule is O=C(O)CC1(CC(=O)c2cc(Cl)cc(Cl)c2)CCCCC1. The summed E-state index contributed by atoms with van der Waals surface area (Å²) < 4.78 is 0. The molecule has 0 spiro atoms. The average Bonchev–Trinajstić information content (AvgIpc) is 2.37. The van der Waals surface area contributed by atoms with Gasteiger partial charge in [-0.25, -0.2) is 0 Å². The molecule has 1 saturated carbocycles. The maximum atomic E-state index is 12.5. The second-order valence-electron chi connectivity index (χ2n) is 5.89. The molecule has 0 aliphatic heterocycles. The zero-order valence-electron chi connectivity index (χ0n) is 11.7. The molecule has 21 heavy (non-hydrogen) atoms. The molecule has 1 fully saturated rings. The van der Waals surface area contributed by atoms with Gasteiger partial charge in [0.25, 0.3) is 0 Å². The molecule has 0 radical (unpaired) electrons. The van der Waals surface area contributed by atoms with Gasteiger partial charge in [0.1, 0.15) is 0 Å². The van der Waals surface area contributed by atoms with Crippen LogP contribution in [-0.2, 0) is 4.79 Å². The van der Waals surface area contributed by atoms with Crippen molar-refractivity contribution in [1.29, 1.82) is 0 Å². The molecule has 0 aromatic heterocycles. The summed E-state index contributed by atoms with van der Waals surface area (Å²) in [4.78, 5) is 23.6. The van der Waals surface area contributed by atoms with Crippen LogP contribution in [0.3, 0.4) is 0 Å². The van der Waals surface area contributed by atoms with E-state index in [2.05, 4.69) is 0 Å². The lowest BCUT2D eigenvalue weighted by molar-refractivity contribution is -0.140. The predicted octanol–water partition coefficient (Wildman–Crippen LogP) is 4.99. The van der Waals surface area contributed by atoms with Gasteiger partial charge in [-0.15, -0.1) is 0 Å². The third kappa shape index (κ3) is 4.45. The molecular weight excluding hydrogens is 311 g/mol. The van der Waals surface area contributed by atoms with E-state index in [1.165, 1.54) is 0 Å². The fourth-order valence-electron chi connectivity index (χ4n) is 3.20. The van der Waals surface area contributed by atoms with Gasteiger partial charge in [-0.2, -0.15) is 0 Å². The van der Waals surface area contributed by atoms with Gasteiger partial charge in [-0.1, -0.05) is 42.5 Å². The van der Waals surface area contributed by atoms with E-state index in [1.54, 1.807) is 18.2 Å². The first kappa shape index (κ1) is 16.3. The second-order valence-corrected chi connectivity index (χ2v) is 6.76. The van der Waals surface area contributed by atoms with Crippen molar-refractivity contribution in [3.63, 3.8) is 0 Å². The minimum atomic E-state index is -0.839. The molecule has 2 rings (SSSR count). The molecule has 0 saturated heterocycles. The summed E-state index contributed by atoms with van der Waals surface area (Å²) in [5.41, 5.74) is 0.0403. The Bertz CT molecular complexity index is 528. The number of aliphatic carboxylic acids is 1. The van der Waals surface area contributed by atoms with Gasteiger partial charge in [-0.3, -0.25) is 9.59 Å². The highest BCUT2D eigenvalue weighted by Gasteiger charge is 2.36. The highest BCUT2D eigenvalue weighted by molar-refractivity contribution is 6.35. The van der Waals surface area contributed by atoms with Crippen molar-refractivity contribution >= 4 is 35.0 Å². The quantitative estimate of drug-likeness (QED) is 0.774. The number of carboxylic acids is 1. The Morgan fingerprint density at radius 2 is 1.57 bits per heavy atom. The third-order valence-electron chi connectivity index (χ3n) is 4.16. The molecule has 0 unspecified atom stereocenters. The fourth-order valence-corrected chi connectivity index (χ4v) is 3.72. The van der Waals surface area contributed by atoms with E-state index < -0.39 is 11.4 Å². The number of rotatable bonds is 5. The van der Waals surface area contributed by atoms with Gasteiger partial charge < -0.3 is 5.11 Å². The molecule has 1 aromatic rings. The van der Waals surface area contributed by atoms with Gasteiger partial charge in [0.05, 0.1) is 6.42 Å². The number of benzene rings is 1. The summed E-state index contributed by atoms with van der Waals surface area (Å²) in [6, 6.07) is 4.76. The van der Waals surface area contributed by atoms with Crippen molar-refractivity contribution in [2.75, 3.05) is 0 Å². The predicted molar refractivity (Wildman–Crippen MR) is 83.2 cm³/mol. The Labute approximate surface area is 134 Å². The molecule has 1 aromatic carbocycles. The monoisotopic (exact) mass is 328 g/mol. The molecule has 0 bridgehead atoms. The Morgan fingerprint density at radius 3 is 2.10 bits per heavy atom. The van der Waals surface area contributed by atoms with E-state index in [-0.39, 0.29) is 18.6 Å². The minimum absolute atomic E-state index is 0.0486. The van der Waals surface area contributed by atoms with E-state index in [4.69, 9.17) is 28.3 Å². The van der Waals surface area contributed by atoms with Crippen LogP contribution in [0.4, 0.5) is 0 Å². The number of halogens is 2. The lowest BCUT2D eigenvalue weighted by Crippen LogP contribution is -2.30. The van der Waals surface area contributed by atoms with Gasteiger partial charge in [0, 0.05) is 22.0 Å². The zero-order chi connectivity index (χ0) is 15.5. The Balaban J connectivity index is 2.19. The second kappa shape index (κ2) is 6.80. The van der Waals surface area contributed by atoms with Crippen molar-refractivity contribution < 1.29 is 14.7 Å². The molecule has 1 N–H and O–H groups in total. The minimum Gasteiger partial charge on any atom is -0.481 e. The summed E-state index contributed by atoms with van der Waals surface area (Å²) in [6.45, 7) is 0. The summed E-state index contributed by atoms with van der Waals surface area (Å²) >= 11 is 11.9. The van der Waals surface area contributed by atoms with E-state index in [0.717, 1.165) is 32.1 Å². The number of hydrogen-bond acceptors (Lipinski definition) is 2. The van der Waals surface area contributed by atoms with Crippen LogP contribution < -0.4 is 0 Å².